The molecule has 0 aromatic heterocycles. The minimum Gasteiger partial charge on any atom is -0.269 e. The van der Waals surface area contributed by atoms with E-state index in [-0.39, 0.29) is 18.8 Å². The van der Waals surface area contributed by atoms with Crippen molar-refractivity contribution in [1.29, 1.82) is 5.26 Å². The molecule has 5 heteroatoms. The molecule has 0 amide bonds. The molecule has 0 spiro atoms. The van der Waals surface area contributed by atoms with Crippen LogP contribution in [0, 0.1) is 11.8 Å². The monoisotopic (exact) mass is 185 g/mol. The molecule has 0 saturated carbocycles. The molecular weight excluding hydrogens is 174 g/mol. The van der Waals surface area contributed by atoms with Crippen LogP contribution in [0.1, 0.15) is 0 Å². The number of benzene rings is 1. The van der Waals surface area contributed by atoms with Crippen LogP contribution in [-0.4, -0.2) is 0 Å². The topological polar surface area (TPSA) is 23.8 Å². The molecule has 0 radical (unpaired) electrons. The maximum Gasteiger partial charge on any atom is 0.0462 e. The van der Waals surface area contributed by atoms with Crippen LogP contribution < -0.4 is 0 Å². The Morgan fingerprint density at radius 2 is 0.583 bits per heavy atom. The third kappa shape index (κ3) is 23.7. The highest BCUT2D eigenvalue weighted by atomic mass is 19.0. The Bertz CT molecular complexity index is 116. The lowest BCUT2D eigenvalue weighted by atomic mass is 10.4. The molecule has 0 aliphatic carbocycles. The first-order valence-electron chi connectivity index (χ1n) is 2.26. The van der Waals surface area contributed by atoms with Gasteiger partial charge in [-0.2, -0.15) is 0 Å². The highest BCUT2D eigenvalue weighted by Gasteiger charge is 1.57. The number of halogens is 4. The van der Waals surface area contributed by atoms with Crippen molar-refractivity contribution in [3.05, 3.63) is 36.4 Å². The van der Waals surface area contributed by atoms with Gasteiger partial charge >= 0.3 is 0 Å². The molecule has 12 heavy (non-hydrogen) atoms. The van der Waals surface area contributed by atoms with Crippen LogP contribution in [-0.2, 0) is 0 Å². The summed E-state index contributed by atoms with van der Waals surface area (Å²) < 4.78 is 0. The summed E-state index contributed by atoms with van der Waals surface area (Å²) in [5, 5.41) is 6.50. The maximum atomic E-state index is 6.50. The van der Waals surface area contributed by atoms with E-state index < -0.39 is 0 Å². The van der Waals surface area contributed by atoms with Gasteiger partial charge in [0, 0.05) is 6.57 Å². The number of nitriles is 1. The second-order valence-electron chi connectivity index (χ2n) is 1.15. The van der Waals surface area contributed by atoms with Crippen molar-refractivity contribution >= 4 is 0 Å². The van der Waals surface area contributed by atoms with E-state index in [4.69, 9.17) is 5.26 Å². The quantitative estimate of drug-likeness (QED) is 0.569. The minimum atomic E-state index is 0. The van der Waals surface area contributed by atoms with E-state index in [9.17, 15) is 0 Å². The molecule has 72 valence electrons. The van der Waals surface area contributed by atoms with Gasteiger partial charge in [0.2, 0.25) is 0 Å². The summed E-state index contributed by atoms with van der Waals surface area (Å²) in [5.41, 5.74) is 0. The summed E-state index contributed by atoms with van der Waals surface area (Å²) in [6, 6.07) is 12.0. The van der Waals surface area contributed by atoms with Crippen molar-refractivity contribution in [3.8, 4) is 6.57 Å². The van der Waals surface area contributed by atoms with Gasteiger partial charge in [0.15, 0.2) is 0 Å². The lowest BCUT2D eigenvalue weighted by molar-refractivity contribution is 1.11. The number of hydrogen-bond donors (Lipinski definition) is 0. The summed E-state index contributed by atoms with van der Waals surface area (Å²) in [4.78, 5) is 0. The first-order valence-corrected chi connectivity index (χ1v) is 2.26. The molecule has 1 aromatic rings. The van der Waals surface area contributed by atoms with Gasteiger partial charge in [0.05, 0.1) is 0 Å². The van der Waals surface area contributed by atoms with E-state index in [0.717, 1.165) is 0 Å². The molecule has 0 atom stereocenters. The molecule has 0 bridgehead atoms. The molecule has 1 nitrogen and oxygen atoms in total. The fourth-order valence-corrected chi connectivity index (χ4v) is 0.385. The van der Waals surface area contributed by atoms with E-state index in [0.29, 0.717) is 0 Å². The predicted octanol–water partition coefficient (Wildman–Crippen LogP) is 2.44. The van der Waals surface area contributed by atoms with E-state index >= 15 is 0 Å². The van der Waals surface area contributed by atoms with Gasteiger partial charge in [-0.25, -0.2) is 5.26 Å². The Morgan fingerprint density at radius 3 is 0.667 bits per heavy atom. The summed E-state index contributed by atoms with van der Waals surface area (Å²) in [7, 11) is 0. The van der Waals surface area contributed by atoms with Gasteiger partial charge in [-0.3, -0.25) is 18.8 Å². The third-order valence-corrected chi connectivity index (χ3v) is 0.667. The van der Waals surface area contributed by atoms with Crippen molar-refractivity contribution < 1.29 is 18.8 Å². The molecule has 0 heterocycles. The fourth-order valence-electron chi connectivity index (χ4n) is 0.385. The number of hydrogen-bond acceptors (Lipinski definition) is 1. The highest BCUT2D eigenvalue weighted by molar-refractivity contribution is 4.99. The van der Waals surface area contributed by atoms with Crippen molar-refractivity contribution in [1.82, 2.24) is 0 Å². The molecule has 0 aliphatic rings. The highest BCUT2D eigenvalue weighted by Crippen LogP contribution is 1.79. The lowest BCUT2D eigenvalue weighted by Gasteiger charge is -1.69. The van der Waals surface area contributed by atoms with Crippen molar-refractivity contribution in [2.45, 2.75) is 0 Å². The molecular formula is C7H11F4N. The Hall–Kier alpha value is -1.57. The molecule has 0 aliphatic heterocycles. The average molecular weight is 185 g/mol. The number of nitrogens with zero attached hydrogens (tertiary/aromatic N) is 1. The molecule has 1 aromatic carbocycles. The lowest BCUT2D eigenvalue weighted by Crippen LogP contribution is -1.47. The molecule has 0 fully saturated rings. The van der Waals surface area contributed by atoms with Crippen LogP contribution in [0.5, 0.6) is 0 Å². The number of rotatable bonds is 0. The maximum absolute atomic E-state index is 6.50. The van der Waals surface area contributed by atoms with Crippen LogP contribution in [0.3, 0.4) is 0 Å². The molecule has 0 saturated heterocycles. The Morgan fingerprint density at radius 1 is 0.500 bits per heavy atom. The van der Waals surface area contributed by atoms with E-state index in [1.807, 2.05) is 36.4 Å². The second kappa shape index (κ2) is 34.1. The fraction of sp³-hybridized carbons (Fsp3) is 0. The van der Waals surface area contributed by atoms with Gasteiger partial charge in [0.1, 0.15) is 0 Å². The van der Waals surface area contributed by atoms with Gasteiger partial charge in [0.25, 0.3) is 0 Å². The van der Waals surface area contributed by atoms with Crippen molar-refractivity contribution in [2.75, 3.05) is 0 Å². The van der Waals surface area contributed by atoms with Gasteiger partial charge in [-0.05, 0) is 0 Å². The Balaban J connectivity index is -0.0000000257. The summed E-state index contributed by atoms with van der Waals surface area (Å²) in [6.45, 7) is 3.50. The Kier molecular flexibility index (Phi) is 89.5. The molecule has 1 rings (SSSR count). The normalized spacial score (nSPS) is 4.17. The first kappa shape index (κ1) is 31.5. The van der Waals surface area contributed by atoms with Crippen molar-refractivity contribution in [3.63, 3.8) is 0 Å². The van der Waals surface area contributed by atoms with E-state index in [2.05, 4.69) is 6.57 Å². The van der Waals surface area contributed by atoms with Crippen LogP contribution in [0.15, 0.2) is 36.4 Å². The summed E-state index contributed by atoms with van der Waals surface area (Å²) in [5.74, 6) is 0. The van der Waals surface area contributed by atoms with E-state index in [1.165, 1.54) is 0 Å². The van der Waals surface area contributed by atoms with Gasteiger partial charge in [-0.15, -0.1) is 0 Å². The summed E-state index contributed by atoms with van der Waals surface area (Å²) in [6.07, 6.45) is 0. The van der Waals surface area contributed by atoms with Crippen LogP contribution >= 0.6 is 0 Å². The smallest absolute Gasteiger partial charge is 0.0462 e. The zero-order chi connectivity index (χ0) is 6.24. The average Bonchev–Trinajstić information content (AvgIpc) is 1.96. The predicted molar refractivity (Wildman–Crippen MR) is 43.1 cm³/mol. The second-order valence-corrected chi connectivity index (χ2v) is 1.15. The zero-order valence-corrected chi connectivity index (χ0v) is 6.12. The van der Waals surface area contributed by atoms with Crippen LogP contribution in [0.2, 0.25) is 0 Å². The largest absolute Gasteiger partial charge is 0.269 e. The first-order chi connectivity index (χ1) is 4.00. The minimum absolute atomic E-state index is 0. The van der Waals surface area contributed by atoms with Crippen LogP contribution in [0.25, 0.3) is 0 Å². The van der Waals surface area contributed by atoms with Gasteiger partial charge in [-0.1, -0.05) is 36.4 Å². The Labute approximate surface area is 68.1 Å². The van der Waals surface area contributed by atoms with Crippen molar-refractivity contribution in [2.24, 2.45) is 0 Å². The standard InChI is InChI=1S/C6H6.CHN.4FH/c1-2-4-6-5-3-1;1-2;;;;/h1-6H;1H;4*1H. The third-order valence-electron chi connectivity index (χ3n) is 0.667. The SMILES string of the molecule is C#N.F.F.F.F.c1ccccc1. The molecule has 0 unspecified atom stereocenters. The zero-order valence-electron chi connectivity index (χ0n) is 6.12. The van der Waals surface area contributed by atoms with Crippen LogP contribution in [0.4, 0.5) is 18.8 Å². The van der Waals surface area contributed by atoms with E-state index in [1.54, 1.807) is 0 Å². The van der Waals surface area contributed by atoms with Gasteiger partial charge < -0.3 is 0 Å². The summed E-state index contributed by atoms with van der Waals surface area (Å²) >= 11 is 0. The molecule has 0 N–H and O–H groups in total.